The fraction of sp³-hybridized carbons (Fsp3) is 0.222. The van der Waals surface area contributed by atoms with Gasteiger partial charge in [-0.3, -0.25) is 0 Å². The van der Waals surface area contributed by atoms with E-state index in [0.29, 0.717) is 11.3 Å². The zero-order valence-electron chi connectivity index (χ0n) is 12.7. The summed E-state index contributed by atoms with van der Waals surface area (Å²) in [5.74, 6) is 0.551. The van der Waals surface area contributed by atoms with Gasteiger partial charge in [0.15, 0.2) is 23.6 Å². The highest BCUT2D eigenvalue weighted by molar-refractivity contribution is 5.85. The van der Waals surface area contributed by atoms with Crippen molar-refractivity contribution in [2.45, 2.75) is 12.3 Å². The lowest BCUT2D eigenvalue weighted by Crippen LogP contribution is -2.29. The molecule has 2 aromatic carbocycles. The molecule has 1 N–H and O–H groups in total. The molecule has 1 aromatic heterocycles. The minimum atomic E-state index is -1.17. The summed E-state index contributed by atoms with van der Waals surface area (Å²) in [6.07, 6.45) is -0.253. The molecule has 0 saturated carbocycles. The first-order chi connectivity index (χ1) is 10.8. The van der Waals surface area contributed by atoms with Crippen molar-refractivity contribution in [3.8, 4) is 5.75 Å². The molecule has 23 heavy (non-hydrogen) atoms. The van der Waals surface area contributed by atoms with Crippen molar-refractivity contribution in [3.05, 3.63) is 66.4 Å². The van der Waals surface area contributed by atoms with Gasteiger partial charge < -0.3 is 14.5 Å². The Morgan fingerprint density at radius 3 is 2.61 bits per heavy atom. The van der Waals surface area contributed by atoms with Gasteiger partial charge in [0, 0.05) is 11.9 Å². The fourth-order valence-electron chi connectivity index (χ4n) is 2.49. The van der Waals surface area contributed by atoms with Crippen LogP contribution in [0.5, 0.6) is 5.75 Å². The SMILES string of the molecule is CNCC(F)C(Oc1cccc2ccoc12)c1ccccc1.Cl. The van der Waals surface area contributed by atoms with Crippen LogP contribution in [-0.4, -0.2) is 19.8 Å². The van der Waals surface area contributed by atoms with Crippen LogP contribution in [0.15, 0.2) is 65.3 Å². The van der Waals surface area contributed by atoms with Gasteiger partial charge in [0.2, 0.25) is 0 Å². The summed E-state index contributed by atoms with van der Waals surface area (Å²) in [6.45, 7) is 0.216. The molecule has 0 radical (unpaired) electrons. The number of nitrogens with one attached hydrogen (secondary N) is 1. The molecule has 2 unspecified atom stereocenters. The van der Waals surface area contributed by atoms with Gasteiger partial charge in [-0.2, -0.15) is 0 Å². The van der Waals surface area contributed by atoms with Crippen LogP contribution in [0.2, 0.25) is 0 Å². The number of furan rings is 1. The Morgan fingerprint density at radius 1 is 1.09 bits per heavy atom. The average molecular weight is 336 g/mol. The standard InChI is InChI=1S/C18H18FNO2.ClH/c1-20-12-15(19)17(13-6-3-2-4-7-13)22-16-9-5-8-14-10-11-21-18(14)16;/h2-11,15,17,20H,12H2,1H3;1H. The first-order valence-electron chi connectivity index (χ1n) is 7.26. The maximum absolute atomic E-state index is 14.5. The van der Waals surface area contributed by atoms with Gasteiger partial charge in [-0.15, -0.1) is 12.4 Å². The van der Waals surface area contributed by atoms with Gasteiger partial charge in [-0.25, -0.2) is 4.39 Å². The summed E-state index contributed by atoms with van der Waals surface area (Å²) in [7, 11) is 1.72. The van der Waals surface area contributed by atoms with Crippen molar-refractivity contribution in [1.29, 1.82) is 0 Å². The summed E-state index contributed by atoms with van der Waals surface area (Å²) in [5.41, 5.74) is 1.44. The molecule has 3 rings (SSSR count). The lowest BCUT2D eigenvalue weighted by atomic mass is 10.0. The topological polar surface area (TPSA) is 34.4 Å². The summed E-state index contributed by atoms with van der Waals surface area (Å²) in [4.78, 5) is 0. The number of fused-ring (bicyclic) bond motifs is 1. The van der Waals surface area contributed by atoms with E-state index in [1.807, 2.05) is 48.5 Å². The van der Waals surface area contributed by atoms with Crippen molar-refractivity contribution >= 4 is 23.4 Å². The monoisotopic (exact) mass is 335 g/mol. The zero-order chi connectivity index (χ0) is 15.4. The van der Waals surface area contributed by atoms with Gasteiger partial charge in [0.1, 0.15) is 0 Å². The molecule has 3 aromatic rings. The number of rotatable bonds is 6. The number of para-hydroxylation sites is 1. The second-order valence-corrected chi connectivity index (χ2v) is 5.12. The molecule has 0 aliphatic carbocycles. The Bertz CT molecular complexity index is 732. The Morgan fingerprint density at radius 2 is 1.87 bits per heavy atom. The molecule has 0 amide bonds. The number of benzene rings is 2. The van der Waals surface area contributed by atoms with E-state index >= 15 is 0 Å². The maximum atomic E-state index is 14.5. The number of hydrogen-bond acceptors (Lipinski definition) is 3. The summed E-state index contributed by atoms with van der Waals surface area (Å²) in [6, 6.07) is 16.9. The van der Waals surface area contributed by atoms with Crippen molar-refractivity contribution in [2.75, 3.05) is 13.6 Å². The van der Waals surface area contributed by atoms with Crippen LogP contribution in [-0.2, 0) is 0 Å². The Labute approximate surface area is 140 Å². The van der Waals surface area contributed by atoms with Gasteiger partial charge in [-0.05, 0) is 24.7 Å². The van der Waals surface area contributed by atoms with Crippen molar-refractivity contribution < 1.29 is 13.5 Å². The average Bonchev–Trinajstić information content (AvgIpc) is 3.03. The molecule has 5 heteroatoms. The number of ether oxygens (including phenoxy) is 1. The van der Waals surface area contributed by atoms with E-state index < -0.39 is 12.3 Å². The van der Waals surface area contributed by atoms with E-state index in [4.69, 9.17) is 9.15 Å². The van der Waals surface area contributed by atoms with Crippen molar-refractivity contribution in [3.63, 3.8) is 0 Å². The Kier molecular flexibility index (Phi) is 6.02. The minimum Gasteiger partial charge on any atom is -0.479 e. The maximum Gasteiger partial charge on any atom is 0.175 e. The van der Waals surface area contributed by atoms with Crippen molar-refractivity contribution in [1.82, 2.24) is 5.32 Å². The summed E-state index contributed by atoms with van der Waals surface area (Å²) >= 11 is 0. The molecule has 0 bridgehead atoms. The largest absolute Gasteiger partial charge is 0.479 e. The number of alkyl halides is 1. The first-order valence-corrected chi connectivity index (χ1v) is 7.26. The molecule has 2 atom stereocenters. The van der Waals surface area contributed by atoms with Crippen LogP contribution in [0.25, 0.3) is 11.0 Å². The van der Waals surface area contributed by atoms with E-state index in [1.165, 1.54) is 0 Å². The van der Waals surface area contributed by atoms with Gasteiger partial charge in [0.25, 0.3) is 0 Å². The molecule has 122 valence electrons. The van der Waals surface area contributed by atoms with Crippen molar-refractivity contribution in [2.24, 2.45) is 0 Å². The predicted molar refractivity (Wildman–Crippen MR) is 92.1 cm³/mol. The highest BCUT2D eigenvalue weighted by Crippen LogP contribution is 2.32. The lowest BCUT2D eigenvalue weighted by molar-refractivity contribution is 0.101. The lowest BCUT2D eigenvalue weighted by Gasteiger charge is -2.23. The third-order valence-electron chi connectivity index (χ3n) is 3.55. The van der Waals surface area contributed by atoms with Crippen LogP contribution in [0, 0.1) is 0 Å². The van der Waals surface area contributed by atoms with Crippen LogP contribution in [0.4, 0.5) is 4.39 Å². The molecule has 0 spiro atoms. The summed E-state index contributed by atoms with van der Waals surface area (Å²) < 4.78 is 26.0. The molecule has 3 nitrogen and oxygen atoms in total. The molecule has 0 saturated heterocycles. The Hall–Kier alpha value is -2.04. The predicted octanol–water partition coefficient (Wildman–Crippen LogP) is 4.53. The van der Waals surface area contributed by atoms with E-state index in [2.05, 4.69) is 5.32 Å². The second-order valence-electron chi connectivity index (χ2n) is 5.12. The Balaban J connectivity index is 0.00000192. The normalized spacial score (nSPS) is 13.3. The van der Waals surface area contributed by atoms with Gasteiger partial charge in [0.05, 0.1) is 6.26 Å². The zero-order valence-corrected chi connectivity index (χ0v) is 13.6. The number of halogens is 2. The van der Waals surface area contributed by atoms with Gasteiger partial charge in [-0.1, -0.05) is 42.5 Å². The second kappa shape index (κ2) is 7.99. The summed E-state index contributed by atoms with van der Waals surface area (Å²) in [5, 5.41) is 3.80. The number of hydrogen-bond donors (Lipinski definition) is 1. The van der Waals surface area contributed by atoms with E-state index in [9.17, 15) is 4.39 Å². The smallest absolute Gasteiger partial charge is 0.175 e. The third kappa shape index (κ3) is 3.84. The van der Waals surface area contributed by atoms with Crippen LogP contribution in [0.3, 0.4) is 0 Å². The molecular formula is C18H19ClFNO2. The highest BCUT2D eigenvalue weighted by atomic mass is 35.5. The van der Waals surface area contributed by atoms with Crippen LogP contribution in [0.1, 0.15) is 11.7 Å². The van der Waals surface area contributed by atoms with Crippen LogP contribution < -0.4 is 10.1 Å². The quantitative estimate of drug-likeness (QED) is 0.718. The minimum absolute atomic E-state index is 0. The third-order valence-corrected chi connectivity index (χ3v) is 3.55. The van der Waals surface area contributed by atoms with Crippen LogP contribution >= 0.6 is 12.4 Å². The molecule has 1 heterocycles. The highest BCUT2D eigenvalue weighted by Gasteiger charge is 2.25. The molecule has 0 fully saturated rings. The van der Waals surface area contributed by atoms with Gasteiger partial charge >= 0.3 is 0 Å². The van der Waals surface area contributed by atoms with E-state index in [-0.39, 0.29) is 19.0 Å². The first kappa shape index (κ1) is 17.3. The van der Waals surface area contributed by atoms with E-state index in [1.54, 1.807) is 19.4 Å². The molecule has 0 aliphatic heterocycles. The van der Waals surface area contributed by atoms with E-state index in [0.717, 1.165) is 10.9 Å². The molecule has 0 aliphatic rings. The molecular weight excluding hydrogens is 317 g/mol. The fourth-order valence-corrected chi connectivity index (χ4v) is 2.49.